The molecule has 0 saturated heterocycles. The van der Waals surface area contributed by atoms with Crippen LogP contribution in [-0.4, -0.2) is 40.3 Å². The van der Waals surface area contributed by atoms with Gasteiger partial charge in [0.15, 0.2) is 6.61 Å². The average molecular weight is 404 g/mol. The van der Waals surface area contributed by atoms with Gasteiger partial charge < -0.3 is 14.8 Å². The second kappa shape index (κ2) is 8.52. The van der Waals surface area contributed by atoms with Gasteiger partial charge in [-0.25, -0.2) is 8.42 Å². The first-order chi connectivity index (χ1) is 13.4. The summed E-state index contributed by atoms with van der Waals surface area (Å²) in [6, 6.07) is 12.4. The van der Waals surface area contributed by atoms with Crippen LogP contribution in [0.5, 0.6) is 11.5 Å². The second-order valence-electron chi connectivity index (χ2n) is 6.44. The van der Waals surface area contributed by atoms with Crippen molar-refractivity contribution >= 4 is 27.3 Å². The predicted molar refractivity (Wildman–Crippen MR) is 109 cm³/mol. The minimum Gasteiger partial charge on any atom is -0.497 e. The van der Waals surface area contributed by atoms with Crippen molar-refractivity contribution in [3.63, 3.8) is 0 Å². The number of aryl methyl sites for hydroxylation is 1. The van der Waals surface area contributed by atoms with E-state index in [1.807, 2.05) is 6.07 Å². The van der Waals surface area contributed by atoms with E-state index in [2.05, 4.69) is 5.32 Å². The van der Waals surface area contributed by atoms with Crippen molar-refractivity contribution < 1.29 is 22.7 Å². The van der Waals surface area contributed by atoms with Crippen molar-refractivity contribution in [2.75, 3.05) is 35.6 Å². The van der Waals surface area contributed by atoms with Gasteiger partial charge in [0.1, 0.15) is 11.5 Å². The summed E-state index contributed by atoms with van der Waals surface area (Å²) >= 11 is 0. The number of sulfonamides is 1. The number of rotatable bonds is 7. The van der Waals surface area contributed by atoms with Crippen LogP contribution in [0.25, 0.3) is 0 Å². The molecule has 0 radical (unpaired) electrons. The zero-order chi connectivity index (χ0) is 20.1. The number of amides is 1. The van der Waals surface area contributed by atoms with Gasteiger partial charge in [0.05, 0.1) is 18.6 Å². The molecule has 1 N–H and O–H groups in total. The molecular formula is C20H24N2O5S. The Hall–Kier alpha value is -2.74. The van der Waals surface area contributed by atoms with Gasteiger partial charge in [0, 0.05) is 18.3 Å². The molecule has 0 saturated carbocycles. The Labute approximate surface area is 165 Å². The highest BCUT2D eigenvalue weighted by atomic mass is 32.2. The van der Waals surface area contributed by atoms with Crippen molar-refractivity contribution in [2.24, 2.45) is 0 Å². The fraction of sp³-hybridized carbons (Fsp3) is 0.350. The normalized spacial score (nSPS) is 13.6. The maximum atomic E-state index is 12.4. The molecule has 1 aliphatic rings. The fourth-order valence-electron chi connectivity index (χ4n) is 3.10. The molecule has 2 aromatic rings. The van der Waals surface area contributed by atoms with Gasteiger partial charge in [0.2, 0.25) is 10.0 Å². The van der Waals surface area contributed by atoms with Gasteiger partial charge in [-0.3, -0.25) is 9.10 Å². The summed E-state index contributed by atoms with van der Waals surface area (Å²) in [6.07, 6.45) is 1.60. The monoisotopic (exact) mass is 404 g/mol. The highest BCUT2D eigenvalue weighted by Crippen LogP contribution is 2.32. The van der Waals surface area contributed by atoms with Gasteiger partial charge in [-0.15, -0.1) is 0 Å². The van der Waals surface area contributed by atoms with E-state index < -0.39 is 10.0 Å². The third-order valence-corrected chi connectivity index (χ3v) is 6.34. The molecular weight excluding hydrogens is 380 g/mol. The molecule has 2 aromatic carbocycles. The molecule has 7 nitrogen and oxygen atoms in total. The molecule has 0 bridgehead atoms. The minimum absolute atomic E-state index is 0.0391. The van der Waals surface area contributed by atoms with Crippen molar-refractivity contribution in [3.8, 4) is 11.5 Å². The Bertz CT molecular complexity index is 959. The Morgan fingerprint density at radius 3 is 2.71 bits per heavy atom. The molecule has 1 aliphatic heterocycles. The van der Waals surface area contributed by atoms with E-state index in [1.54, 1.807) is 50.4 Å². The lowest BCUT2D eigenvalue weighted by molar-refractivity contribution is -0.118. The van der Waals surface area contributed by atoms with Gasteiger partial charge in [0.25, 0.3) is 5.91 Å². The van der Waals surface area contributed by atoms with Gasteiger partial charge in [-0.05, 0) is 49.6 Å². The maximum absolute atomic E-state index is 12.4. The second-order valence-corrected chi connectivity index (χ2v) is 8.62. The van der Waals surface area contributed by atoms with Crippen LogP contribution >= 0.6 is 0 Å². The van der Waals surface area contributed by atoms with Crippen LogP contribution in [-0.2, 0) is 21.2 Å². The number of methoxy groups -OCH3 is 1. The SMILES string of the molecule is CCS(=O)(=O)N1CCCc2ccc(NC(=O)COc3cccc(OC)c3)cc21. The van der Waals surface area contributed by atoms with Crippen LogP contribution in [0.2, 0.25) is 0 Å². The van der Waals surface area contributed by atoms with E-state index >= 15 is 0 Å². The number of hydrogen-bond donors (Lipinski definition) is 1. The Balaban J connectivity index is 1.69. The number of carbonyl (C=O) groups excluding carboxylic acids is 1. The van der Waals surface area contributed by atoms with E-state index in [-0.39, 0.29) is 18.3 Å². The lowest BCUT2D eigenvalue weighted by Gasteiger charge is -2.30. The van der Waals surface area contributed by atoms with Crippen LogP contribution in [0.1, 0.15) is 18.9 Å². The van der Waals surface area contributed by atoms with Gasteiger partial charge in [-0.2, -0.15) is 0 Å². The number of hydrogen-bond acceptors (Lipinski definition) is 5. The molecule has 1 heterocycles. The Morgan fingerprint density at radius 2 is 1.96 bits per heavy atom. The van der Waals surface area contributed by atoms with E-state index in [0.29, 0.717) is 29.4 Å². The van der Waals surface area contributed by atoms with E-state index in [4.69, 9.17) is 9.47 Å². The fourth-order valence-corrected chi connectivity index (χ4v) is 4.29. The number of fused-ring (bicyclic) bond motifs is 1. The molecule has 0 aliphatic carbocycles. The van der Waals surface area contributed by atoms with E-state index in [1.165, 1.54) is 4.31 Å². The minimum atomic E-state index is -3.35. The number of nitrogens with one attached hydrogen (secondary N) is 1. The molecule has 0 unspecified atom stereocenters. The summed E-state index contributed by atoms with van der Waals surface area (Å²) in [5.74, 6) is 0.880. The van der Waals surface area contributed by atoms with E-state index in [9.17, 15) is 13.2 Å². The highest BCUT2D eigenvalue weighted by molar-refractivity contribution is 7.92. The summed E-state index contributed by atoms with van der Waals surface area (Å²) in [5.41, 5.74) is 2.14. The lowest BCUT2D eigenvalue weighted by atomic mass is 10.0. The zero-order valence-electron chi connectivity index (χ0n) is 16.0. The molecule has 0 spiro atoms. The Kier molecular flexibility index (Phi) is 6.08. The third-order valence-electron chi connectivity index (χ3n) is 4.56. The molecule has 1 amide bonds. The van der Waals surface area contributed by atoms with Gasteiger partial charge >= 0.3 is 0 Å². The smallest absolute Gasteiger partial charge is 0.262 e. The molecule has 0 fully saturated rings. The van der Waals surface area contributed by atoms with Crippen molar-refractivity contribution in [1.29, 1.82) is 0 Å². The topological polar surface area (TPSA) is 84.9 Å². The first kappa shape index (κ1) is 20.0. The summed E-state index contributed by atoms with van der Waals surface area (Å²) in [7, 11) is -1.79. The number of ether oxygens (including phenoxy) is 2. The summed E-state index contributed by atoms with van der Waals surface area (Å²) in [6.45, 7) is 1.92. The molecule has 0 atom stereocenters. The lowest BCUT2D eigenvalue weighted by Crippen LogP contribution is -2.36. The first-order valence-electron chi connectivity index (χ1n) is 9.13. The Morgan fingerprint density at radius 1 is 1.18 bits per heavy atom. The van der Waals surface area contributed by atoms with Crippen LogP contribution in [0.4, 0.5) is 11.4 Å². The molecule has 3 rings (SSSR count). The average Bonchev–Trinajstić information content (AvgIpc) is 2.72. The molecule has 28 heavy (non-hydrogen) atoms. The quantitative estimate of drug-likeness (QED) is 0.767. The summed E-state index contributed by atoms with van der Waals surface area (Å²) in [4.78, 5) is 12.2. The molecule has 0 aromatic heterocycles. The van der Waals surface area contributed by atoms with Crippen LogP contribution in [0.15, 0.2) is 42.5 Å². The zero-order valence-corrected chi connectivity index (χ0v) is 16.8. The number of carbonyl (C=O) groups is 1. The predicted octanol–water partition coefficient (Wildman–Crippen LogP) is 2.82. The first-order valence-corrected chi connectivity index (χ1v) is 10.7. The molecule has 8 heteroatoms. The largest absolute Gasteiger partial charge is 0.497 e. The van der Waals surface area contributed by atoms with Gasteiger partial charge in [-0.1, -0.05) is 12.1 Å². The standard InChI is InChI=1S/C20H24N2O5S/c1-3-28(24,25)22-11-5-6-15-9-10-16(12-19(15)22)21-20(23)14-27-18-8-4-7-17(13-18)26-2/h4,7-10,12-13H,3,5-6,11,14H2,1-2H3,(H,21,23). The maximum Gasteiger partial charge on any atom is 0.262 e. The third kappa shape index (κ3) is 4.56. The van der Waals surface area contributed by atoms with Crippen LogP contribution in [0, 0.1) is 0 Å². The number of nitrogens with zero attached hydrogens (tertiary/aromatic N) is 1. The van der Waals surface area contributed by atoms with Crippen LogP contribution in [0.3, 0.4) is 0 Å². The van der Waals surface area contributed by atoms with Crippen molar-refractivity contribution in [3.05, 3.63) is 48.0 Å². The molecule has 150 valence electrons. The van der Waals surface area contributed by atoms with Crippen molar-refractivity contribution in [1.82, 2.24) is 0 Å². The summed E-state index contributed by atoms with van der Waals surface area (Å²) < 4.78 is 36.8. The van der Waals surface area contributed by atoms with Crippen molar-refractivity contribution in [2.45, 2.75) is 19.8 Å². The highest BCUT2D eigenvalue weighted by Gasteiger charge is 2.26. The number of anilines is 2. The number of benzene rings is 2. The summed E-state index contributed by atoms with van der Waals surface area (Å²) in [5, 5.41) is 2.76. The van der Waals surface area contributed by atoms with Crippen LogP contribution < -0.4 is 19.1 Å². The van der Waals surface area contributed by atoms with E-state index in [0.717, 1.165) is 18.4 Å².